The van der Waals surface area contributed by atoms with Crippen molar-refractivity contribution < 1.29 is 18.0 Å². The van der Waals surface area contributed by atoms with Gasteiger partial charge in [-0.15, -0.1) is 0 Å². The maximum absolute atomic E-state index is 10.5. The van der Waals surface area contributed by atoms with E-state index in [4.69, 9.17) is 8.37 Å². The van der Waals surface area contributed by atoms with Gasteiger partial charge >= 0.3 is 81.5 Å². The van der Waals surface area contributed by atoms with Gasteiger partial charge in [0.2, 0.25) is 0 Å². The van der Waals surface area contributed by atoms with Crippen molar-refractivity contribution in [2.24, 2.45) is 0 Å². The Labute approximate surface area is 289 Å². The Kier molecular flexibility index (Phi) is 52.1. The van der Waals surface area contributed by atoms with Gasteiger partial charge in [-0.05, 0) is 12.8 Å². The average Bonchev–Trinajstić information content (AvgIpc) is 2.98. The fourth-order valence-corrected chi connectivity index (χ4v) is 9.58. The van der Waals surface area contributed by atoms with Gasteiger partial charge in [0, 0.05) is 25.4 Å². The van der Waals surface area contributed by atoms with Gasteiger partial charge in [0.1, 0.15) is 0 Å². The van der Waals surface area contributed by atoms with Crippen molar-refractivity contribution in [2.75, 3.05) is 11.5 Å². The fourth-order valence-electron chi connectivity index (χ4n) is 4.27. The van der Waals surface area contributed by atoms with E-state index >= 15 is 0 Å². The van der Waals surface area contributed by atoms with Crippen molar-refractivity contribution in [3.63, 3.8) is 0 Å². The van der Waals surface area contributed by atoms with Crippen molar-refractivity contribution >= 4 is 57.2 Å². The standard InChI is InChI=1S/2C14H28O2S.2C4H9.Sn/c2*1-3-4-5-6-7-8-9-10-11-12-13-17-16-14(2)15;2*1-3-4-2;/h2*3-13H2,1-2H3;2*1,3-4H2,2H3;. The predicted molar refractivity (Wildman–Crippen MR) is 197 cm³/mol. The van der Waals surface area contributed by atoms with Gasteiger partial charge in [-0.2, -0.15) is 0 Å². The molecule has 0 aliphatic rings. The van der Waals surface area contributed by atoms with Crippen LogP contribution in [0.4, 0.5) is 0 Å². The molecular formula is C36H74O4S2Sn. The molecular weight excluding hydrogens is 679 g/mol. The van der Waals surface area contributed by atoms with Crippen molar-refractivity contribution in [3.05, 3.63) is 0 Å². The van der Waals surface area contributed by atoms with Crippen LogP contribution in [0.2, 0.25) is 8.87 Å². The van der Waals surface area contributed by atoms with Crippen molar-refractivity contribution in [1.82, 2.24) is 0 Å². The monoisotopic (exact) mass is 754 g/mol. The van der Waals surface area contributed by atoms with Crippen LogP contribution < -0.4 is 0 Å². The third kappa shape index (κ3) is 58.5. The number of hydrogen-bond donors (Lipinski definition) is 0. The summed E-state index contributed by atoms with van der Waals surface area (Å²) < 4.78 is 12.9. The van der Waals surface area contributed by atoms with Crippen molar-refractivity contribution in [2.45, 2.75) is 205 Å². The Balaban J connectivity index is -0.000000586. The Bertz CT molecular complexity index is 479. The molecule has 0 rings (SSSR count). The van der Waals surface area contributed by atoms with E-state index in [1.54, 1.807) is 8.87 Å². The molecule has 0 spiro atoms. The molecule has 7 heteroatoms. The molecule has 0 aliphatic heterocycles. The number of hydrogen-bond acceptors (Lipinski definition) is 6. The topological polar surface area (TPSA) is 52.6 Å². The molecule has 0 saturated heterocycles. The molecule has 258 valence electrons. The van der Waals surface area contributed by atoms with E-state index < -0.39 is 0 Å². The molecule has 0 N–H and O–H groups in total. The van der Waals surface area contributed by atoms with Crippen LogP contribution in [0.5, 0.6) is 0 Å². The predicted octanol–water partition coefficient (Wildman–Crippen LogP) is 13.4. The first kappa shape index (κ1) is 47.8. The number of rotatable bonds is 30. The average molecular weight is 754 g/mol. The van der Waals surface area contributed by atoms with Crippen LogP contribution in [0.1, 0.15) is 196 Å². The Morgan fingerprint density at radius 2 is 0.674 bits per heavy atom. The van der Waals surface area contributed by atoms with Gasteiger partial charge in [-0.25, -0.2) is 0 Å². The van der Waals surface area contributed by atoms with Gasteiger partial charge in [-0.3, -0.25) is 9.59 Å². The zero-order valence-electron chi connectivity index (χ0n) is 29.7. The second-order valence-electron chi connectivity index (χ2n) is 11.6. The molecule has 0 unspecified atom stereocenters. The van der Waals surface area contributed by atoms with Gasteiger partial charge < -0.3 is 8.37 Å². The van der Waals surface area contributed by atoms with Crippen LogP contribution in [0.15, 0.2) is 0 Å². The zero-order valence-corrected chi connectivity index (χ0v) is 34.2. The van der Waals surface area contributed by atoms with Crippen LogP contribution in [0.25, 0.3) is 0 Å². The molecule has 2 radical (unpaired) electrons. The van der Waals surface area contributed by atoms with E-state index in [0.29, 0.717) is 0 Å². The molecule has 0 heterocycles. The summed E-state index contributed by atoms with van der Waals surface area (Å²) in [6, 6.07) is 0. The van der Waals surface area contributed by atoms with Crippen LogP contribution in [-0.2, 0) is 18.0 Å². The van der Waals surface area contributed by atoms with Crippen LogP contribution in [0, 0.1) is 0 Å². The molecule has 4 nitrogen and oxygen atoms in total. The number of carbonyl (C=O) groups excluding carboxylic acids is 2. The van der Waals surface area contributed by atoms with Gasteiger partial charge in [0.25, 0.3) is 0 Å². The van der Waals surface area contributed by atoms with E-state index in [1.165, 1.54) is 179 Å². The summed E-state index contributed by atoms with van der Waals surface area (Å²) in [6.45, 7) is 12.0. The molecule has 0 bridgehead atoms. The SMILES string of the molecule is CCCCCCCCCCCCSOC(C)=O.CCCCCCCCCCCCSOC(C)=O.CCC[CH2][Sn][CH2]CCC. The second-order valence-corrected chi connectivity index (χ2v) is 17.5. The molecule has 0 fully saturated rings. The summed E-state index contributed by atoms with van der Waals surface area (Å²) in [5.41, 5.74) is 0. The number of unbranched alkanes of at least 4 members (excludes halogenated alkanes) is 20. The number of carbonyl (C=O) groups is 2. The van der Waals surface area contributed by atoms with Crippen LogP contribution >= 0.6 is 24.1 Å². The first-order valence-electron chi connectivity index (χ1n) is 18.3. The normalized spacial score (nSPS) is 10.4. The summed E-state index contributed by atoms with van der Waals surface area (Å²) in [5.74, 6) is 1.50. The maximum atomic E-state index is 10.5. The van der Waals surface area contributed by atoms with Crippen LogP contribution in [-0.4, -0.2) is 44.6 Å². The molecule has 0 atom stereocenters. The molecule has 0 aliphatic carbocycles. The van der Waals surface area contributed by atoms with Crippen molar-refractivity contribution in [3.8, 4) is 0 Å². The van der Waals surface area contributed by atoms with E-state index in [1.807, 2.05) is 0 Å². The zero-order chi connectivity index (χ0) is 32.5. The van der Waals surface area contributed by atoms with Gasteiger partial charge in [0.15, 0.2) is 0 Å². The van der Waals surface area contributed by atoms with Gasteiger partial charge in [0.05, 0.1) is 24.1 Å². The summed E-state index contributed by atoms with van der Waals surface area (Å²) >= 11 is 2.73. The molecule has 0 aromatic carbocycles. The molecule has 0 amide bonds. The Hall–Kier alpha value is 0.439. The summed E-state index contributed by atoms with van der Waals surface area (Å²) in [6.07, 6.45) is 32.8. The first-order chi connectivity index (χ1) is 21.0. The molecule has 0 aromatic rings. The minimum atomic E-state index is -0.193. The second kappa shape index (κ2) is 46.9. The van der Waals surface area contributed by atoms with Gasteiger partial charge in [-0.1, -0.05) is 129 Å². The minimum absolute atomic E-state index is 0.149. The fraction of sp³-hybridized carbons (Fsp3) is 0.944. The molecule has 0 aromatic heterocycles. The summed E-state index contributed by atoms with van der Waals surface area (Å²) in [4.78, 5) is 21.0. The van der Waals surface area contributed by atoms with E-state index in [9.17, 15) is 9.59 Å². The molecule has 43 heavy (non-hydrogen) atoms. The summed E-state index contributed by atoms with van der Waals surface area (Å²) in [5, 5.41) is 0. The van der Waals surface area contributed by atoms with E-state index in [-0.39, 0.29) is 33.1 Å². The Morgan fingerprint density at radius 3 is 0.930 bits per heavy atom. The first-order valence-corrected chi connectivity index (χ1v) is 24.1. The van der Waals surface area contributed by atoms with E-state index in [0.717, 1.165) is 24.3 Å². The molecule has 0 saturated carbocycles. The van der Waals surface area contributed by atoms with Crippen molar-refractivity contribution in [1.29, 1.82) is 0 Å². The van der Waals surface area contributed by atoms with Crippen LogP contribution in [0.3, 0.4) is 0 Å². The third-order valence-corrected chi connectivity index (χ3v) is 12.6. The quantitative estimate of drug-likeness (QED) is 0.0414. The third-order valence-electron chi connectivity index (χ3n) is 6.93. The summed E-state index contributed by atoms with van der Waals surface area (Å²) in [7, 11) is 0. The van der Waals surface area contributed by atoms with E-state index in [2.05, 4.69) is 27.7 Å². The Morgan fingerprint density at radius 1 is 0.419 bits per heavy atom.